The number of hydrogen-bond donors (Lipinski definition) is 1. The molecule has 1 amide bonds. The highest BCUT2D eigenvalue weighted by atomic mass is 16.5. The second-order valence-corrected chi connectivity index (χ2v) is 7.10. The molecule has 3 rings (SSSR count). The fraction of sp³-hybridized carbons (Fsp3) is 0.192. The lowest BCUT2D eigenvalue weighted by atomic mass is 10.0. The lowest BCUT2D eigenvalue weighted by Gasteiger charge is -2.14. The van der Waals surface area contributed by atoms with Crippen molar-refractivity contribution in [3.63, 3.8) is 0 Å². The van der Waals surface area contributed by atoms with Crippen LogP contribution in [0.1, 0.15) is 16.7 Å². The molecule has 8 heteroatoms. The molecular weight excluding hydrogens is 436 g/mol. The van der Waals surface area contributed by atoms with E-state index in [0.717, 1.165) is 11.1 Å². The van der Waals surface area contributed by atoms with Crippen LogP contribution in [0, 0.1) is 0 Å². The fourth-order valence-electron chi connectivity index (χ4n) is 3.24. The number of hydrazone groups is 1. The Labute approximate surface area is 198 Å². The first kappa shape index (κ1) is 24.3. The number of nitrogens with one attached hydrogen (secondary N) is 1. The van der Waals surface area contributed by atoms with Crippen LogP contribution in [-0.4, -0.2) is 45.5 Å². The molecule has 0 atom stereocenters. The number of esters is 1. The fourth-order valence-corrected chi connectivity index (χ4v) is 3.24. The van der Waals surface area contributed by atoms with Crippen molar-refractivity contribution in [2.45, 2.75) is 6.42 Å². The van der Waals surface area contributed by atoms with Crippen LogP contribution < -0.4 is 19.6 Å². The van der Waals surface area contributed by atoms with E-state index < -0.39 is 18.5 Å². The third-order valence-electron chi connectivity index (χ3n) is 4.82. The van der Waals surface area contributed by atoms with Gasteiger partial charge < -0.3 is 18.9 Å². The van der Waals surface area contributed by atoms with E-state index in [9.17, 15) is 9.59 Å². The molecule has 0 aliphatic carbocycles. The van der Waals surface area contributed by atoms with Gasteiger partial charge in [-0.1, -0.05) is 60.7 Å². The number of carbonyl (C=O) groups is 2. The van der Waals surface area contributed by atoms with E-state index in [4.69, 9.17) is 18.9 Å². The first-order chi connectivity index (χ1) is 16.5. The van der Waals surface area contributed by atoms with E-state index >= 15 is 0 Å². The number of benzene rings is 3. The highest BCUT2D eigenvalue weighted by molar-refractivity contribution is 6.13. The number of nitrogens with zero attached hydrogens (tertiary/aromatic N) is 1. The van der Waals surface area contributed by atoms with Crippen LogP contribution >= 0.6 is 0 Å². The van der Waals surface area contributed by atoms with Crippen LogP contribution in [0.15, 0.2) is 77.9 Å². The zero-order chi connectivity index (χ0) is 24.3. The van der Waals surface area contributed by atoms with Gasteiger partial charge in [-0.25, -0.2) is 5.43 Å². The number of ether oxygens (including phenoxy) is 4. The number of hydrogen-bond acceptors (Lipinski definition) is 7. The third kappa shape index (κ3) is 6.35. The van der Waals surface area contributed by atoms with Gasteiger partial charge in [-0.05, 0) is 17.7 Å². The summed E-state index contributed by atoms with van der Waals surface area (Å²) in [6.07, 6.45) is -0.0768. The highest BCUT2D eigenvalue weighted by Gasteiger charge is 2.16. The van der Waals surface area contributed by atoms with Crippen molar-refractivity contribution in [2.75, 3.05) is 27.9 Å². The molecule has 0 spiro atoms. The zero-order valence-corrected chi connectivity index (χ0v) is 19.2. The normalized spacial score (nSPS) is 10.1. The Bertz CT molecular complexity index is 1080. The van der Waals surface area contributed by atoms with Crippen molar-refractivity contribution in [3.8, 4) is 17.2 Å². The highest BCUT2D eigenvalue weighted by Crippen LogP contribution is 2.38. The summed E-state index contributed by atoms with van der Waals surface area (Å²) in [6.45, 7) is -0.469. The molecule has 0 bridgehead atoms. The third-order valence-corrected chi connectivity index (χ3v) is 4.82. The van der Waals surface area contributed by atoms with Crippen LogP contribution in [0.3, 0.4) is 0 Å². The number of methoxy groups -OCH3 is 3. The molecule has 3 aromatic carbocycles. The van der Waals surface area contributed by atoms with Crippen molar-refractivity contribution in [1.82, 2.24) is 5.43 Å². The first-order valence-corrected chi connectivity index (χ1v) is 10.5. The quantitative estimate of drug-likeness (QED) is 0.282. The molecule has 0 aromatic heterocycles. The van der Waals surface area contributed by atoms with Gasteiger partial charge in [0.25, 0.3) is 5.91 Å². The van der Waals surface area contributed by atoms with Gasteiger partial charge in [-0.15, -0.1) is 0 Å². The Hall–Kier alpha value is -4.33. The summed E-state index contributed by atoms with van der Waals surface area (Å²) in [5, 5.41) is 4.27. The summed E-state index contributed by atoms with van der Waals surface area (Å²) in [4.78, 5) is 24.6. The largest absolute Gasteiger partial charge is 0.493 e. The van der Waals surface area contributed by atoms with Crippen LogP contribution in [0.25, 0.3) is 0 Å². The smallest absolute Gasteiger partial charge is 0.310 e. The average Bonchev–Trinajstić information content (AvgIpc) is 2.88. The Morgan fingerprint density at radius 3 is 1.79 bits per heavy atom. The summed E-state index contributed by atoms with van der Waals surface area (Å²) >= 11 is 0. The van der Waals surface area contributed by atoms with Crippen LogP contribution in [0.4, 0.5) is 0 Å². The van der Waals surface area contributed by atoms with E-state index in [1.54, 1.807) is 12.1 Å². The van der Waals surface area contributed by atoms with E-state index in [1.165, 1.54) is 21.3 Å². The van der Waals surface area contributed by atoms with Crippen molar-refractivity contribution in [1.29, 1.82) is 0 Å². The molecule has 0 aliphatic rings. The van der Waals surface area contributed by atoms with Gasteiger partial charge in [-0.3, -0.25) is 9.59 Å². The molecular formula is C26H26N2O6. The van der Waals surface area contributed by atoms with E-state index in [2.05, 4.69) is 10.5 Å². The van der Waals surface area contributed by atoms with Crippen LogP contribution in [0.2, 0.25) is 0 Å². The molecule has 8 nitrogen and oxygen atoms in total. The van der Waals surface area contributed by atoms with Gasteiger partial charge in [0.1, 0.15) is 0 Å². The number of amides is 1. The second kappa shape index (κ2) is 12.1. The molecule has 176 valence electrons. The minimum atomic E-state index is -0.584. The average molecular weight is 463 g/mol. The number of rotatable bonds is 10. The standard InChI is InChI=1S/C26H26N2O6/c1-31-21-14-18(15-22(32-2)26(21)33-3)16-24(30)34-17-23(29)27-28-25(19-10-6-4-7-11-19)20-12-8-5-9-13-20/h4-15H,16-17H2,1-3H3,(H,27,29). The molecule has 0 aliphatic heterocycles. The Morgan fingerprint density at radius 1 is 0.794 bits per heavy atom. The van der Waals surface area contributed by atoms with Crippen molar-refractivity contribution in [2.24, 2.45) is 5.10 Å². The molecule has 0 saturated carbocycles. The maximum atomic E-state index is 12.3. The monoisotopic (exact) mass is 462 g/mol. The SMILES string of the molecule is COc1cc(CC(=O)OCC(=O)NN=C(c2ccccc2)c2ccccc2)cc(OC)c1OC. The maximum Gasteiger partial charge on any atom is 0.310 e. The van der Waals surface area contributed by atoms with Crippen LogP contribution in [0.5, 0.6) is 17.2 Å². The molecule has 0 heterocycles. The summed E-state index contributed by atoms with van der Waals surface area (Å²) in [6, 6.07) is 22.3. The zero-order valence-electron chi connectivity index (χ0n) is 19.2. The number of carbonyl (C=O) groups excluding carboxylic acids is 2. The molecule has 0 unspecified atom stereocenters. The van der Waals surface area contributed by atoms with Gasteiger partial charge in [0, 0.05) is 11.1 Å². The second-order valence-electron chi connectivity index (χ2n) is 7.10. The lowest BCUT2D eigenvalue weighted by Crippen LogP contribution is -2.26. The molecule has 0 radical (unpaired) electrons. The topological polar surface area (TPSA) is 95.5 Å². The van der Waals surface area contributed by atoms with Gasteiger partial charge >= 0.3 is 5.97 Å². The van der Waals surface area contributed by atoms with Gasteiger partial charge in [0.05, 0.1) is 33.5 Å². The molecule has 0 saturated heterocycles. The molecule has 3 aromatic rings. The van der Waals surface area contributed by atoms with E-state index in [-0.39, 0.29) is 6.42 Å². The summed E-state index contributed by atoms with van der Waals surface area (Å²) in [7, 11) is 4.48. The van der Waals surface area contributed by atoms with Gasteiger partial charge in [0.15, 0.2) is 18.1 Å². The first-order valence-electron chi connectivity index (χ1n) is 10.5. The van der Waals surface area contributed by atoms with Crippen LogP contribution in [-0.2, 0) is 20.7 Å². The summed E-state index contributed by atoms with van der Waals surface area (Å²) < 4.78 is 21.0. The minimum absolute atomic E-state index is 0.0768. The Balaban J connectivity index is 1.63. The molecule has 0 fully saturated rings. The van der Waals surface area contributed by atoms with Gasteiger partial charge in [0.2, 0.25) is 5.75 Å². The predicted molar refractivity (Wildman–Crippen MR) is 127 cm³/mol. The van der Waals surface area contributed by atoms with E-state index in [0.29, 0.717) is 28.5 Å². The van der Waals surface area contributed by atoms with E-state index in [1.807, 2.05) is 60.7 Å². The van der Waals surface area contributed by atoms with Crippen molar-refractivity contribution >= 4 is 17.6 Å². The van der Waals surface area contributed by atoms with Crippen molar-refractivity contribution in [3.05, 3.63) is 89.5 Å². The lowest BCUT2D eigenvalue weighted by molar-refractivity contribution is -0.147. The molecule has 34 heavy (non-hydrogen) atoms. The Morgan fingerprint density at radius 2 is 1.32 bits per heavy atom. The summed E-state index contributed by atoms with van der Waals surface area (Å²) in [5.74, 6) is 0.131. The maximum absolute atomic E-state index is 12.3. The minimum Gasteiger partial charge on any atom is -0.493 e. The molecule has 1 N–H and O–H groups in total. The van der Waals surface area contributed by atoms with Gasteiger partial charge in [-0.2, -0.15) is 5.10 Å². The van der Waals surface area contributed by atoms with Crippen molar-refractivity contribution < 1.29 is 28.5 Å². The Kier molecular flexibility index (Phi) is 8.62. The predicted octanol–water partition coefficient (Wildman–Crippen LogP) is 3.37. The summed E-state index contributed by atoms with van der Waals surface area (Å²) in [5.41, 5.74) is 5.33.